The van der Waals surface area contributed by atoms with Gasteiger partial charge in [-0.1, -0.05) is 64.4 Å². The minimum atomic E-state index is -0.625. The van der Waals surface area contributed by atoms with E-state index < -0.39 is 6.04 Å². The lowest BCUT2D eigenvalue weighted by molar-refractivity contribution is -0.697. The largest absolute Gasteiger partial charge is 0.464 e. The fraction of sp³-hybridized carbons (Fsp3) is 0.742. The molecule has 1 aromatic heterocycles. The summed E-state index contributed by atoms with van der Waals surface area (Å²) in [5, 5.41) is 5.85. The van der Waals surface area contributed by atoms with E-state index in [1.54, 1.807) is 6.92 Å². The molecule has 0 aliphatic carbocycles. The monoisotopic (exact) mass is 532 g/mol. The van der Waals surface area contributed by atoms with Gasteiger partial charge >= 0.3 is 5.97 Å². The molecule has 2 amide bonds. The van der Waals surface area contributed by atoms with Crippen LogP contribution >= 0.6 is 0 Å². The van der Waals surface area contributed by atoms with E-state index in [2.05, 4.69) is 22.1 Å². The Kier molecular flexibility index (Phi) is 20.9. The molecule has 0 aliphatic rings. The first-order valence-electron chi connectivity index (χ1n) is 15.2. The Balaban J connectivity index is 2.13. The zero-order chi connectivity index (χ0) is 27.7. The predicted octanol–water partition coefficient (Wildman–Crippen LogP) is 5.79. The Morgan fingerprint density at radius 2 is 1.32 bits per heavy atom. The number of aryl methyl sites for hydroxylation is 1. The number of hydrogen-bond donors (Lipinski definition) is 2. The number of nitrogens with one attached hydrogen (secondary N) is 2. The summed E-state index contributed by atoms with van der Waals surface area (Å²) in [6.45, 7) is 5.83. The minimum absolute atomic E-state index is 0.105. The Hall–Kier alpha value is -2.44. The lowest BCUT2D eigenvalue weighted by Gasteiger charge is -2.17. The molecule has 0 bridgehead atoms. The van der Waals surface area contributed by atoms with Crippen LogP contribution in [-0.2, 0) is 25.7 Å². The maximum Gasteiger partial charge on any atom is 0.328 e. The van der Waals surface area contributed by atoms with Gasteiger partial charge in [0.2, 0.25) is 11.8 Å². The van der Waals surface area contributed by atoms with Crippen LogP contribution in [0.5, 0.6) is 0 Å². The maximum atomic E-state index is 12.4. The summed E-state index contributed by atoms with van der Waals surface area (Å²) in [6, 6.07) is 5.39. The molecule has 0 aliphatic heterocycles. The predicted molar refractivity (Wildman–Crippen MR) is 152 cm³/mol. The number of unbranched alkanes of at least 4 members (excludes halogenated alkanes) is 11. The molecule has 1 unspecified atom stereocenters. The van der Waals surface area contributed by atoms with Crippen molar-refractivity contribution >= 4 is 17.8 Å². The molecule has 0 aromatic carbocycles. The van der Waals surface area contributed by atoms with Crippen LogP contribution in [0.1, 0.15) is 123 Å². The van der Waals surface area contributed by atoms with Crippen LogP contribution in [0.2, 0.25) is 0 Å². The number of carbonyl (C=O) groups is 3. The fourth-order valence-corrected chi connectivity index (χ4v) is 4.48. The summed E-state index contributed by atoms with van der Waals surface area (Å²) in [5.74, 6) is -0.380. The van der Waals surface area contributed by atoms with Gasteiger partial charge in [-0.05, 0) is 45.4 Å². The number of esters is 1. The first kappa shape index (κ1) is 33.6. The first-order valence-corrected chi connectivity index (χ1v) is 15.2. The quantitative estimate of drug-likeness (QED) is 0.100. The molecule has 0 saturated heterocycles. The van der Waals surface area contributed by atoms with E-state index in [-0.39, 0.29) is 24.4 Å². The van der Waals surface area contributed by atoms with E-state index in [1.165, 1.54) is 44.9 Å². The highest BCUT2D eigenvalue weighted by atomic mass is 16.5. The van der Waals surface area contributed by atoms with Crippen molar-refractivity contribution in [3.63, 3.8) is 0 Å². The smallest absolute Gasteiger partial charge is 0.328 e. The zero-order valence-corrected chi connectivity index (χ0v) is 24.2. The molecule has 1 atom stereocenters. The Morgan fingerprint density at radius 1 is 0.711 bits per heavy atom. The van der Waals surface area contributed by atoms with Crippen LogP contribution in [0.15, 0.2) is 30.6 Å². The van der Waals surface area contributed by atoms with Crippen LogP contribution < -0.4 is 15.2 Å². The van der Waals surface area contributed by atoms with E-state index in [4.69, 9.17) is 4.74 Å². The summed E-state index contributed by atoms with van der Waals surface area (Å²) in [4.78, 5) is 36.8. The molecule has 0 spiro atoms. The summed E-state index contributed by atoms with van der Waals surface area (Å²) in [6.07, 6.45) is 21.0. The molecular weight excluding hydrogens is 478 g/mol. The lowest BCUT2D eigenvalue weighted by atomic mass is 10.1. The second-order valence-corrected chi connectivity index (χ2v) is 10.2. The Morgan fingerprint density at radius 3 is 1.97 bits per heavy atom. The number of amides is 2. The normalized spacial score (nSPS) is 11.6. The maximum absolute atomic E-state index is 12.4. The molecule has 1 rings (SSSR count). The zero-order valence-electron chi connectivity index (χ0n) is 24.2. The molecule has 0 radical (unpaired) electrons. The first-order chi connectivity index (χ1) is 18.6. The van der Waals surface area contributed by atoms with Crippen molar-refractivity contribution < 1.29 is 23.7 Å². The van der Waals surface area contributed by atoms with Gasteiger partial charge in [0.1, 0.15) is 12.6 Å². The van der Waals surface area contributed by atoms with Crippen molar-refractivity contribution in [3.05, 3.63) is 30.6 Å². The lowest BCUT2D eigenvalue weighted by Crippen LogP contribution is -2.42. The van der Waals surface area contributed by atoms with Gasteiger partial charge in [-0.2, -0.15) is 0 Å². The fourth-order valence-electron chi connectivity index (χ4n) is 4.48. The highest BCUT2D eigenvalue weighted by Crippen LogP contribution is 2.11. The molecule has 0 saturated carbocycles. The molecule has 1 heterocycles. The number of aromatic nitrogens is 1. The molecule has 0 fully saturated rings. The van der Waals surface area contributed by atoms with E-state index in [0.717, 1.165) is 51.5 Å². The summed E-state index contributed by atoms with van der Waals surface area (Å²) >= 11 is 0. The number of rotatable bonds is 24. The third-order valence-electron chi connectivity index (χ3n) is 6.75. The third-order valence-corrected chi connectivity index (χ3v) is 6.75. The molecule has 38 heavy (non-hydrogen) atoms. The van der Waals surface area contributed by atoms with Crippen molar-refractivity contribution in [1.82, 2.24) is 10.6 Å². The highest BCUT2D eigenvalue weighted by molar-refractivity contribution is 5.84. The molecular formula is C31H54N3O4+. The van der Waals surface area contributed by atoms with Crippen molar-refractivity contribution in [2.45, 2.75) is 136 Å². The highest BCUT2D eigenvalue weighted by Gasteiger charge is 2.21. The molecule has 7 nitrogen and oxygen atoms in total. The van der Waals surface area contributed by atoms with Gasteiger partial charge in [-0.15, -0.1) is 0 Å². The van der Waals surface area contributed by atoms with Crippen LogP contribution in [0.4, 0.5) is 0 Å². The van der Waals surface area contributed by atoms with Crippen molar-refractivity contribution in [2.75, 3.05) is 13.2 Å². The van der Waals surface area contributed by atoms with E-state index in [1.807, 2.05) is 30.6 Å². The molecule has 1 aromatic rings. The number of ether oxygens (including phenoxy) is 1. The van der Waals surface area contributed by atoms with Crippen LogP contribution in [-0.4, -0.2) is 37.0 Å². The average Bonchev–Trinajstić information content (AvgIpc) is 2.91. The van der Waals surface area contributed by atoms with E-state index >= 15 is 0 Å². The van der Waals surface area contributed by atoms with Gasteiger partial charge in [-0.25, -0.2) is 9.36 Å². The van der Waals surface area contributed by atoms with Gasteiger partial charge in [0.25, 0.3) is 0 Å². The van der Waals surface area contributed by atoms with Gasteiger partial charge in [0, 0.05) is 37.9 Å². The number of carbonyl (C=O) groups excluding carboxylic acids is 3. The van der Waals surface area contributed by atoms with Crippen molar-refractivity contribution in [1.29, 1.82) is 0 Å². The SMILES string of the molecule is CCCCCCCCCCCC(=O)NCCCCC(NC(=O)CCCCC[n+]1ccccc1)C(=O)OCC. The van der Waals surface area contributed by atoms with Crippen LogP contribution in [0, 0.1) is 0 Å². The minimum Gasteiger partial charge on any atom is -0.464 e. The molecule has 2 N–H and O–H groups in total. The Labute approximate surface area is 231 Å². The van der Waals surface area contributed by atoms with Gasteiger partial charge in [0.05, 0.1) is 6.61 Å². The number of hydrogen-bond acceptors (Lipinski definition) is 4. The number of pyridine rings is 1. The van der Waals surface area contributed by atoms with Crippen molar-refractivity contribution in [2.24, 2.45) is 0 Å². The van der Waals surface area contributed by atoms with Crippen molar-refractivity contribution in [3.8, 4) is 0 Å². The molecule has 216 valence electrons. The van der Waals surface area contributed by atoms with E-state index in [9.17, 15) is 14.4 Å². The third kappa shape index (κ3) is 18.8. The second-order valence-electron chi connectivity index (χ2n) is 10.2. The summed E-state index contributed by atoms with van der Waals surface area (Å²) in [5.41, 5.74) is 0. The van der Waals surface area contributed by atoms with Gasteiger partial charge in [-0.3, -0.25) is 9.59 Å². The van der Waals surface area contributed by atoms with Gasteiger partial charge < -0.3 is 15.4 Å². The summed E-state index contributed by atoms with van der Waals surface area (Å²) in [7, 11) is 0. The van der Waals surface area contributed by atoms with E-state index in [0.29, 0.717) is 25.8 Å². The Bertz CT molecular complexity index is 742. The average molecular weight is 533 g/mol. The second kappa shape index (κ2) is 23.7. The summed E-state index contributed by atoms with van der Waals surface area (Å²) < 4.78 is 7.30. The number of nitrogens with zero attached hydrogens (tertiary/aromatic N) is 1. The molecule has 7 heteroatoms. The topological polar surface area (TPSA) is 88.4 Å². The standard InChI is InChI=1S/C31H53N3O4/c1-3-5-6-7-8-9-10-11-14-22-29(35)32-24-17-16-21-28(31(37)38-4-2)33-30(36)23-15-12-18-25-34-26-19-13-20-27-34/h13,19-20,26-28H,3-12,14-18,21-25H2,1-2H3,(H-,32,33,35,36)/p+1. The van der Waals surface area contributed by atoms with Crippen LogP contribution in [0.25, 0.3) is 0 Å². The van der Waals surface area contributed by atoms with Gasteiger partial charge in [0.15, 0.2) is 12.4 Å². The van der Waals surface area contributed by atoms with Crippen LogP contribution in [0.3, 0.4) is 0 Å².